The number of carbonyl (C=O) groups is 1. The van der Waals surface area contributed by atoms with Gasteiger partial charge in [0.2, 0.25) is 5.91 Å². The Balaban J connectivity index is 2.09. The van der Waals surface area contributed by atoms with E-state index in [1.165, 1.54) is 11.7 Å². The first-order valence-electron chi connectivity index (χ1n) is 5.81. The minimum Gasteiger partial charge on any atom is -0.491 e. The maximum atomic E-state index is 12.0. The van der Waals surface area contributed by atoms with Crippen molar-refractivity contribution in [2.24, 2.45) is 0 Å². The molecule has 6 heteroatoms. The fraction of sp³-hybridized carbons (Fsp3) is 0.500. The van der Waals surface area contributed by atoms with E-state index in [0.29, 0.717) is 0 Å². The van der Waals surface area contributed by atoms with Gasteiger partial charge in [0, 0.05) is 30.8 Å². The number of amides is 1. The monoisotopic (exact) mass is 268 g/mol. The highest BCUT2D eigenvalue weighted by Crippen LogP contribution is 2.09. The van der Waals surface area contributed by atoms with Gasteiger partial charge in [-0.2, -0.15) is 11.8 Å². The molecule has 1 amide bonds. The van der Waals surface area contributed by atoms with Crippen molar-refractivity contribution >= 4 is 17.7 Å². The second kappa shape index (κ2) is 5.95. The lowest BCUT2D eigenvalue weighted by molar-refractivity contribution is -0.131. The molecule has 1 aromatic rings. The van der Waals surface area contributed by atoms with Gasteiger partial charge < -0.3 is 14.2 Å². The Morgan fingerprint density at radius 2 is 2.17 bits per heavy atom. The number of pyridine rings is 1. The highest BCUT2D eigenvalue weighted by Gasteiger charge is 2.17. The molecule has 0 saturated carbocycles. The fourth-order valence-corrected chi connectivity index (χ4v) is 2.76. The van der Waals surface area contributed by atoms with Gasteiger partial charge in [-0.05, 0) is 12.1 Å². The highest BCUT2D eigenvalue weighted by molar-refractivity contribution is 7.99. The molecular formula is C12H16N2O3S. The summed E-state index contributed by atoms with van der Waals surface area (Å²) in [6.07, 6.45) is 1.61. The first kappa shape index (κ1) is 13.0. The van der Waals surface area contributed by atoms with Gasteiger partial charge in [-0.3, -0.25) is 9.59 Å². The van der Waals surface area contributed by atoms with Crippen LogP contribution in [0.15, 0.2) is 23.1 Å². The predicted octanol–water partition coefficient (Wildman–Crippen LogP) is 0.432. The summed E-state index contributed by atoms with van der Waals surface area (Å²) in [6, 6.07) is 3.31. The lowest BCUT2D eigenvalue weighted by Crippen LogP contribution is -2.41. The summed E-state index contributed by atoms with van der Waals surface area (Å²) in [5.74, 6) is 2.20. The SMILES string of the molecule is COc1cccn(CC(=O)N2CCSCC2)c1=O. The Labute approximate surface area is 110 Å². The predicted molar refractivity (Wildman–Crippen MR) is 71.2 cm³/mol. The molecule has 0 N–H and O–H groups in total. The van der Waals surface area contributed by atoms with Gasteiger partial charge in [-0.15, -0.1) is 0 Å². The van der Waals surface area contributed by atoms with Gasteiger partial charge in [-0.1, -0.05) is 0 Å². The average molecular weight is 268 g/mol. The van der Waals surface area contributed by atoms with Gasteiger partial charge in [0.1, 0.15) is 6.54 Å². The number of hydrogen-bond donors (Lipinski definition) is 0. The fourth-order valence-electron chi connectivity index (χ4n) is 1.85. The smallest absolute Gasteiger partial charge is 0.293 e. The standard InChI is InChI=1S/C12H16N2O3S/c1-17-10-3-2-4-14(12(10)16)9-11(15)13-5-7-18-8-6-13/h2-4H,5-9H2,1H3. The van der Waals surface area contributed by atoms with Crippen molar-refractivity contribution in [1.29, 1.82) is 0 Å². The second-order valence-corrected chi connectivity index (χ2v) is 5.23. The van der Waals surface area contributed by atoms with E-state index in [-0.39, 0.29) is 23.8 Å². The summed E-state index contributed by atoms with van der Waals surface area (Å²) >= 11 is 1.85. The van der Waals surface area contributed by atoms with Crippen molar-refractivity contribution in [2.45, 2.75) is 6.54 Å². The Morgan fingerprint density at radius 3 is 2.83 bits per heavy atom. The number of nitrogens with zero attached hydrogens (tertiary/aromatic N) is 2. The normalized spacial score (nSPS) is 15.5. The highest BCUT2D eigenvalue weighted by atomic mass is 32.2. The summed E-state index contributed by atoms with van der Waals surface area (Å²) in [5.41, 5.74) is -0.264. The van der Waals surface area contributed by atoms with Crippen molar-refractivity contribution in [1.82, 2.24) is 9.47 Å². The van der Waals surface area contributed by atoms with Crippen molar-refractivity contribution in [3.63, 3.8) is 0 Å². The zero-order valence-corrected chi connectivity index (χ0v) is 11.1. The number of carbonyl (C=O) groups excluding carboxylic acids is 1. The van der Waals surface area contributed by atoms with Gasteiger partial charge >= 0.3 is 0 Å². The maximum absolute atomic E-state index is 12.0. The molecule has 0 aromatic carbocycles. The third-order valence-corrected chi connectivity index (χ3v) is 3.82. The van der Waals surface area contributed by atoms with E-state index in [2.05, 4.69) is 0 Å². The van der Waals surface area contributed by atoms with Crippen LogP contribution in [0.1, 0.15) is 0 Å². The molecular weight excluding hydrogens is 252 g/mol. The third-order valence-electron chi connectivity index (χ3n) is 2.87. The molecule has 2 rings (SSSR count). The topological polar surface area (TPSA) is 51.5 Å². The summed E-state index contributed by atoms with van der Waals surface area (Å²) in [7, 11) is 1.45. The van der Waals surface area contributed by atoms with E-state index in [0.717, 1.165) is 24.6 Å². The number of ether oxygens (including phenoxy) is 1. The molecule has 0 bridgehead atoms. The lowest BCUT2D eigenvalue weighted by atomic mass is 10.4. The third kappa shape index (κ3) is 2.87. The van der Waals surface area contributed by atoms with Gasteiger partial charge in [0.25, 0.3) is 5.56 Å². The molecule has 1 fully saturated rings. The minimum atomic E-state index is -0.264. The Hall–Kier alpha value is -1.43. The quantitative estimate of drug-likeness (QED) is 0.798. The van der Waals surface area contributed by atoms with Crippen LogP contribution in [0.4, 0.5) is 0 Å². The molecule has 0 radical (unpaired) electrons. The molecule has 1 saturated heterocycles. The van der Waals surface area contributed by atoms with Crippen molar-refractivity contribution < 1.29 is 9.53 Å². The van der Waals surface area contributed by atoms with Crippen LogP contribution in [0.25, 0.3) is 0 Å². The summed E-state index contributed by atoms with van der Waals surface area (Å²) < 4.78 is 6.34. The van der Waals surface area contributed by atoms with Gasteiger partial charge in [-0.25, -0.2) is 0 Å². The number of rotatable bonds is 3. The summed E-state index contributed by atoms with van der Waals surface area (Å²) in [4.78, 5) is 25.7. The number of thioether (sulfide) groups is 1. The molecule has 0 spiro atoms. The van der Waals surface area contributed by atoms with Crippen LogP contribution in [-0.2, 0) is 11.3 Å². The van der Waals surface area contributed by atoms with E-state index < -0.39 is 0 Å². The van der Waals surface area contributed by atoms with E-state index in [1.807, 2.05) is 16.7 Å². The zero-order chi connectivity index (χ0) is 13.0. The van der Waals surface area contributed by atoms with Crippen LogP contribution in [0.2, 0.25) is 0 Å². The average Bonchev–Trinajstić information content (AvgIpc) is 2.42. The molecule has 2 heterocycles. The van der Waals surface area contributed by atoms with Crippen LogP contribution < -0.4 is 10.3 Å². The van der Waals surface area contributed by atoms with Gasteiger partial charge in [0.05, 0.1) is 7.11 Å². The number of hydrogen-bond acceptors (Lipinski definition) is 4. The van der Waals surface area contributed by atoms with E-state index in [9.17, 15) is 9.59 Å². The van der Waals surface area contributed by atoms with Crippen molar-refractivity contribution in [2.75, 3.05) is 31.7 Å². The Kier molecular flexibility index (Phi) is 4.30. The number of aromatic nitrogens is 1. The van der Waals surface area contributed by atoms with E-state index in [1.54, 1.807) is 18.3 Å². The Bertz CT molecular complexity index is 480. The summed E-state index contributed by atoms with van der Waals surface area (Å²) in [5, 5.41) is 0. The van der Waals surface area contributed by atoms with Crippen molar-refractivity contribution in [3.8, 4) is 5.75 Å². The molecule has 5 nitrogen and oxygen atoms in total. The molecule has 0 atom stereocenters. The molecule has 1 aliphatic rings. The Morgan fingerprint density at radius 1 is 1.44 bits per heavy atom. The largest absolute Gasteiger partial charge is 0.491 e. The molecule has 1 aliphatic heterocycles. The molecule has 0 aliphatic carbocycles. The lowest BCUT2D eigenvalue weighted by Gasteiger charge is -2.26. The first-order valence-corrected chi connectivity index (χ1v) is 6.97. The molecule has 0 unspecified atom stereocenters. The molecule has 98 valence electrons. The minimum absolute atomic E-state index is 0.00865. The van der Waals surface area contributed by atoms with Crippen LogP contribution in [0, 0.1) is 0 Å². The van der Waals surface area contributed by atoms with E-state index in [4.69, 9.17) is 4.74 Å². The molecule has 18 heavy (non-hydrogen) atoms. The summed E-state index contributed by atoms with van der Waals surface area (Å²) in [6.45, 7) is 1.62. The first-order chi connectivity index (χ1) is 8.72. The van der Waals surface area contributed by atoms with Crippen LogP contribution >= 0.6 is 11.8 Å². The van der Waals surface area contributed by atoms with Gasteiger partial charge in [0.15, 0.2) is 5.75 Å². The van der Waals surface area contributed by atoms with Crippen LogP contribution in [-0.4, -0.2) is 47.1 Å². The maximum Gasteiger partial charge on any atom is 0.293 e. The number of methoxy groups -OCH3 is 1. The zero-order valence-electron chi connectivity index (χ0n) is 10.3. The van der Waals surface area contributed by atoms with Crippen LogP contribution in [0.3, 0.4) is 0 Å². The second-order valence-electron chi connectivity index (χ2n) is 4.00. The molecule has 1 aromatic heterocycles. The van der Waals surface area contributed by atoms with Crippen molar-refractivity contribution in [3.05, 3.63) is 28.7 Å². The van der Waals surface area contributed by atoms with E-state index >= 15 is 0 Å². The van der Waals surface area contributed by atoms with Crippen LogP contribution in [0.5, 0.6) is 5.75 Å².